The first-order valence-corrected chi connectivity index (χ1v) is 7.98. The lowest BCUT2D eigenvalue weighted by atomic mass is 10.4. The van der Waals surface area contributed by atoms with Crippen molar-refractivity contribution in [3.8, 4) is 5.88 Å². The van der Waals surface area contributed by atoms with Crippen LogP contribution in [0.4, 0.5) is 0 Å². The molecule has 0 aliphatic carbocycles. The maximum Gasteiger partial charge on any atom is 0.244 e. The van der Waals surface area contributed by atoms with E-state index >= 15 is 0 Å². The van der Waals surface area contributed by atoms with Crippen LogP contribution in [0.3, 0.4) is 0 Å². The Labute approximate surface area is 136 Å². The van der Waals surface area contributed by atoms with Gasteiger partial charge in [-0.25, -0.2) is 0 Å². The van der Waals surface area contributed by atoms with Gasteiger partial charge in [0, 0.05) is 17.0 Å². The summed E-state index contributed by atoms with van der Waals surface area (Å²) in [7, 11) is 0. The number of hydrogen-bond acceptors (Lipinski definition) is 6. The van der Waals surface area contributed by atoms with E-state index in [2.05, 4.69) is 20.6 Å². The van der Waals surface area contributed by atoms with Crippen molar-refractivity contribution in [2.75, 3.05) is 6.61 Å². The molecule has 118 valence electrons. The molecule has 0 aromatic carbocycles. The van der Waals surface area contributed by atoms with Crippen LogP contribution in [0.2, 0.25) is 0 Å². The van der Waals surface area contributed by atoms with Crippen LogP contribution >= 0.6 is 11.3 Å². The van der Waals surface area contributed by atoms with Crippen molar-refractivity contribution < 1.29 is 9.53 Å². The Morgan fingerprint density at radius 2 is 2.30 bits per heavy atom. The molecule has 0 aliphatic heterocycles. The summed E-state index contributed by atoms with van der Waals surface area (Å²) in [4.78, 5) is 12.9. The summed E-state index contributed by atoms with van der Waals surface area (Å²) in [5.74, 6) is 0.834. The lowest BCUT2D eigenvalue weighted by Gasteiger charge is -2.03. The largest absolute Gasteiger partial charge is 0.477 e. The van der Waals surface area contributed by atoms with Crippen LogP contribution in [0.1, 0.15) is 17.6 Å². The zero-order chi connectivity index (χ0) is 16.1. The molecule has 3 heterocycles. The molecule has 0 spiro atoms. The number of ether oxygens (including phenoxy) is 1. The zero-order valence-corrected chi connectivity index (χ0v) is 13.3. The van der Waals surface area contributed by atoms with Crippen LogP contribution in [-0.4, -0.2) is 32.3 Å². The molecule has 0 saturated heterocycles. The fourth-order valence-corrected chi connectivity index (χ4v) is 2.54. The van der Waals surface area contributed by atoms with E-state index in [1.54, 1.807) is 34.1 Å². The molecule has 0 aliphatic rings. The Bertz CT molecular complexity index is 826. The monoisotopic (exact) mass is 329 g/mol. The number of aromatic nitrogens is 4. The Hall–Kier alpha value is -2.74. The summed E-state index contributed by atoms with van der Waals surface area (Å²) >= 11 is 1.57. The summed E-state index contributed by atoms with van der Waals surface area (Å²) in [6, 6.07) is 7.39. The van der Waals surface area contributed by atoms with Crippen LogP contribution in [-0.2, 0) is 11.3 Å². The van der Waals surface area contributed by atoms with Gasteiger partial charge in [0.05, 0.1) is 13.2 Å². The van der Waals surface area contributed by atoms with Crippen molar-refractivity contribution in [3.05, 3.63) is 46.4 Å². The second-order valence-electron chi connectivity index (χ2n) is 4.56. The molecular weight excluding hydrogens is 314 g/mol. The van der Waals surface area contributed by atoms with E-state index < -0.39 is 0 Å². The smallest absolute Gasteiger partial charge is 0.244 e. The summed E-state index contributed by atoms with van der Waals surface area (Å²) in [5.41, 5.74) is 0.604. The third kappa shape index (κ3) is 3.72. The number of amides is 1. The van der Waals surface area contributed by atoms with Gasteiger partial charge < -0.3 is 10.1 Å². The minimum Gasteiger partial charge on any atom is -0.477 e. The molecule has 0 unspecified atom stereocenters. The number of fused-ring (bicyclic) bond motifs is 1. The van der Waals surface area contributed by atoms with Crippen molar-refractivity contribution in [3.63, 3.8) is 0 Å². The van der Waals surface area contributed by atoms with Gasteiger partial charge in [-0.2, -0.15) is 4.52 Å². The number of thiophene rings is 1. The summed E-state index contributed by atoms with van der Waals surface area (Å²) in [5, 5.41) is 17.1. The number of rotatable bonds is 6. The predicted octanol–water partition coefficient (Wildman–Crippen LogP) is 1.91. The van der Waals surface area contributed by atoms with Gasteiger partial charge in [0.2, 0.25) is 11.8 Å². The predicted molar refractivity (Wildman–Crippen MR) is 87.2 cm³/mol. The van der Waals surface area contributed by atoms with Crippen LogP contribution in [0.5, 0.6) is 5.88 Å². The lowest BCUT2D eigenvalue weighted by Crippen LogP contribution is -2.22. The Kier molecular flexibility index (Phi) is 4.62. The normalized spacial score (nSPS) is 11.2. The molecule has 0 saturated carbocycles. The molecule has 23 heavy (non-hydrogen) atoms. The van der Waals surface area contributed by atoms with Gasteiger partial charge in [0.15, 0.2) is 11.5 Å². The Morgan fingerprint density at radius 3 is 3.09 bits per heavy atom. The number of hydrogen-bond donors (Lipinski definition) is 1. The van der Waals surface area contributed by atoms with E-state index in [1.165, 1.54) is 6.08 Å². The van der Waals surface area contributed by atoms with Crippen molar-refractivity contribution in [2.24, 2.45) is 0 Å². The van der Waals surface area contributed by atoms with Crippen molar-refractivity contribution >= 4 is 29.0 Å². The minimum absolute atomic E-state index is 0.198. The molecule has 0 atom stereocenters. The van der Waals surface area contributed by atoms with E-state index in [0.29, 0.717) is 24.0 Å². The molecule has 3 aromatic heterocycles. The maximum atomic E-state index is 11.8. The van der Waals surface area contributed by atoms with Gasteiger partial charge in [0.1, 0.15) is 0 Å². The highest BCUT2D eigenvalue weighted by Gasteiger charge is 2.08. The van der Waals surface area contributed by atoms with Gasteiger partial charge in [-0.15, -0.1) is 26.6 Å². The molecule has 3 aromatic rings. The second-order valence-corrected chi connectivity index (χ2v) is 5.54. The first-order valence-electron chi connectivity index (χ1n) is 7.10. The summed E-state index contributed by atoms with van der Waals surface area (Å²) in [6.45, 7) is 2.65. The second kappa shape index (κ2) is 7.01. The highest BCUT2D eigenvalue weighted by Crippen LogP contribution is 2.10. The molecule has 0 bridgehead atoms. The summed E-state index contributed by atoms with van der Waals surface area (Å²) in [6.07, 6.45) is 3.27. The number of carbonyl (C=O) groups excluding carboxylic acids is 1. The number of carbonyl (C=O) groups is 1. The van der Waals surface area contributed by atoms with Crippen molar-refractivity contribution in [2.45, 2.75) is 13.5 Å². The summed E-state index contributed by atoms with van der Waals surface area (Å²) < 4.78 is 6.92. The van der Waals surface area contributed by atoms with Gasteiger partial charge in [0.25, 0.3) is 0 Å². The third-order valence-corrected chi connectivity index (χ3v) is 3.80. The van der Waals surface area contributed by atoms with Gasteiger partial charge >= 0.3 is 0 Å². The van der Waals surface area contributed by atoms with E-state index in [-0.39, 0.29) is 12.5 Å². The van der Waals surface area contributed by atoms with Gasteiger partial charge in [-0.3, -0.25) is 4.79 Å². The number of nitrogens with one attached hydrogen (secondary N) is 1. The van der Waals surface area contributed by atoms with Crippen LogP contribution in [0.15, 0.2) is 35.7 Å². The van der Waals surface area contributed by atoms with E-state index in [9.17, 15) is 4.79 Å². The van der Waals surface area contributed by atoms with E-state index in [1.807, 2.05) is 24.4 Å². The quantitative estimate of drug-likeness (QED) is 0.699. The molecule has 1 N–H and O–H groups in total. The Balaban J connectivity index is 1.66. The molecule has 7 nitrogen and oxygen atoms in total. The topological polar surface area (TPSA) is 81.4 Å². The average Bonchev–Trinajstić information content (AvgIpc) is 3.21. The van der Waals surface area contributed by atoms with Crippen LogP contribution in [0, 0.1) is 0 Å². The molecule has 3 rings (SSSR count). The molecule has 8 heteroatoms. The molecule has 0 fully saturated rings. The lowest BCUT2D eigenvalue weighted by molar-refractivity contribution is -0.116. The van der Waals surface area contributed by atoms with Crippen molar-refractivity contribution in [1.29, 1.82) is 0 Å². The van der Waals surface area contributed by atoms with E-state index in [4.69, 9.17) is 4.74 Å². The van der Waals surface area contributed by atoms with Crippen LogP contribution < -0.4 is 10.1 Å². The first kappa shape index (κ1) is 15.2. The maximum absolute atomic E-state index is 11.8. The van der Waals surface area contributed by atoms with Crippen LogP contribution in [0.25, 0.3) is 11.7 Å². The Morgan fingerprint density at radius 1 is 1.39 bits per heavy atom. The molecule has 1 amide bonds. The fraction of sp³-hybridized carbons (Fsp3) is 0.200. The fourth-order valence-electron chi connectivity index (χ4n) is 1.92. The molecular formula is C15H15N5O2S. The van der Waals surface area contributed by atoms with Gasteiger partial charge in [-0.1, -0.05) is 6.07 Å². The highest BCUT2D eigenvalue weighted by atomic mass is 32.1. The van der Waals surface area contributed by atoms with Crippen molar-refractivity contribution in [1.82, 2.24) is 25.1 Å². The average molecular weight is 329 g/mol. The van der Waals surface area contributed by atoms with Gasteiger partial charge in [-0.05, 0) is 30.5 Å². The first-order chi connectivity index (χ1) is 11.3. The van der Waals surface area contributed by atoms with E-state index in [0.717, 1.165) is 4.88 Å². The minimum atomic E-state index is -0.198. The zero-order valence-electron chi connectivity index (χ0n) is 12.5. The SMILES string of the molecule is CCOc1ccc2nnc(CNC(=O)/C=C/c3cccs3)n2n1. The third-order valence-electron chi connectivity index (χ3n) is 2.96. The highest BCUT2D eigenvalue weighted by molar-refractivity contribution is 7.10. The standard InChI is InChI=1S/C15H15N5O2S/c1-2-22-15-8-6-12-17-18-13(20(12)19-15)10-16-14(21)7-5-11-4-3-9-23-11/h3-9H,2,10H2,1H3,(H,16,21)/b7-5+. The number of nitrogens with zero attached hydrogens (tertiary/aromatic N) is 4. The molecule has 0 radical (unpaired) electrons.